The molecule has 0 saturated heterocycles. The Hall–Kier alpha value is -1.91. The Balaban J connectivity index is 2.37. The Morgan fingerprint density at radius 2 is 2.23 bits per heavy atom. The number of nitrogens with zero attached hydrogens (tertiary/aromatic N) is 1. The summed E-state index contributed by atoms with van der Waals surface area (Å²) in [6.45, 7) is 5.92. The number of pyridine rings is 1. The van der Waals surface area contributed by atoms with E-state index in [2.05, 4.69) is 32.8 Å². The summed E-state index contributed by atoms with van der Waals surface area (Å²) >= 11 is 9.63. The average molecular weight is 378 g/mol. The minimum absolute atomic E-state index is 0.519. The molecule has 2 rings (SSSR count). The van der Waals surface area contributed by atoms with Gasteiger partial charge in [0.15, 0.2) is 6.29 Å². The van der Waals surface area contributed by atoms with E-state index >= 15 is 0 Å². The van der Waals surface area contributed by atoms with Gasteiger partial charge in [-0.05, 0) is 41.1 Å². The lowest BCUT2D eigenvalue weighted by Gasteiger charge is -2.13. The monoisotopic (exact) mass is 376 g/mol. The van der Waals surface area contributed by atoms with Crippen LogP contribution in [0.25, 0.3) is 11.8 Å². The summed E-state index contributed by atoms with van der Waals surface area (Å²) in [5.74, 6) is 0. The Morgan fingerprint density at radius 1 is 1.45 bits per heavy atom. The van der Waals surface area contributed by atoms with Gasteiger partial charge in [-0.15, -0.1) is 0 Å². The molecule has 1 N–H and O–H groups in total. The van der Waals surface area contributed by atoms with Crippen molar-refractivity contribution in [3.05, 3.63) is 69.4 Å². The fraction of sp³-hybridized carbons (Fsp3) is 0.0588. The van der Waals surface area contributed by atoms with Crippen LogP contribution in [-0.4, -0.2) is 11.3 Å². The summed E-state index contributed by atoms with van der Waals surface area (Å²) in [7, 11) is 0. The first-order valence-corrected chi connectivity index (χ1v) is 7.72. The Kier molecular flexibility index (Phi) is 5.52. The van der Waals surface area contributed by atoms with Gasteiger partial charge in [-0.1, -0.05) is 36.4 Å². The number of hydrogen-bond donors (Lipinski definition) is 1. The zero-order chi connectivity index (χ0) is 16.1. The van der Waals surface area contributed by atoms with E-state index in [1.807, 2.05) is 37.3 Å². The van der Waals surface area contributed by atoms with Crippen LogP contribution in [0.15, 0.2) is 47.6 Å². The highest BCUT2D eigenvalue weighted by Crippen LogP contribution is 2.32. The van der Waals surface area contributed by atoms with Gasteiger partial charge in [0.2, 0.25) is 0 Å². The molecule has 0 unspecified atom stereocenters. The van der Waals surface area contributed by atoms with Crippen molar-refractivity contribution in [3.63, 3.8) is 0 Å². The highest BCUT2D eigenvalue weighted by atomic mass is 79.9. The van der Waals surface area contributed by atoms with Crippen molar-refractivity contribution in [2.45, 2.75) is 6.92 Å². The molecular weight excluding hydrogens is 364 g/mol. The molecule has 1 aromatic heterocycles. The van der Waals surface area contributed by atoms with Gasteiger partial charge in [0, 0.05) is 21.8 Å². The maximum absolute atomic E-state index is 10.9. The topological polar surface area (TPSA) is 42.0 Å². The zero-order valence-electron chi connectivity index (χ0n) is 11.9. The second-order valence-corrected chi connectivity index (χ2v) is 5.76. The number of carbonyl (C=O) groups is 1. The maximum atomic E-state index is 10.9. The van der Waals surface area contributed by atoms with Crippen LogP contribution in [-0.2, 0) is 0 Å². The van der Waals surface area contributed by atoms with Gasteiger partial charge in [-0.3, -0.25) is 9.78 Å². The van der Waals surface area contributed by atoms with E-state index in [9.17, 15) is 4.79 Å². The number of anilines is 1. The number of hydrogen-bond acceptors (Lipinski definition) is 3. The predicted octanol–water partition coefficient (Wildman–Crippen LogP) is 5.43. The fourth-order valence-electron chi connectivity index (χ4n) is 1.94. The third kappa shape index (κ3) is 3.64. The molecule has 2 aromatic rings. The lowest BCUT2D eigenvalue weighted by Crippen LogP contribution is -2.03. The van der Waals surface area contributed by atoms with E-state index in [-0.39, 0.29) is 0 Å². The van der Waals surface area contributed by atoms with Gasteiger partial charge in [0.25, 0.3) is 0 Å². The van der Waals surface area contributed by atoms with Gasteiger partial charge < -0.3 is 5.32 Å². The van der Waals surface area contributed by atoms with Crippen molar-refractivity contribution in [1.29, 1.82) is 0 Å². The molecule has 0 aliphatic rings. The quantitative estimate of drug-likeness (QED) is 0.707. The summed E-state index contributed by atoms with van der Waals surface area (Å²) in [5, 5.41) is 3.73. The molecule has 0 radical (unpaired) electrons. The van der Waals surface area contributed by atoms with Gasteiger partial charge in [0.05, 0.1) is 22.1 Å². The lowest BCUT2D eigenvalue weighted by molar-refractivity contribution is 0.112. The average Bonchev–Trinajstić information content (AvgIpc) is 2.52. The molecule has 0 atom stereocenters. The summed E-state index contributed by atoms with van der Waals surface area (Å²) in [6, 6.07) is 7.36. The third-order valence-corrected chi connectivity index (χ3v) is 4.24. The summed E-state index contributed by atoms with van der Waals surface area (Å²) in [5.41, 5.74) is 3.33. The van der Waals surface area contributed by atoms with E-state index in [1.54, 1.807) is 6.07 Å². The summed E-state index contributed by atoms with van der Waals surface area (Å²) in [6.07, 6.45) is 6.05. The molecular formula is C17H14BrClN2O. The van der Waals surface area contributed by atoms with Crippen molar-refractivity contribution in [1.82, 2.24) is 4.98 Å². The Morgan fingerprint density at radius 3 is 2.91 bits per heavy atom. The minimum Gasteiger partial charge on any atom is -0.353 e. The first-order valence-electron chi connectivity index (χ1n) is 6.55. The largest absolute Gasteiger partial charge is 0.353 e. The smallest absolute Gasteiger partial charge is 0.151 e. The van der Waals surface area contributed by atoms with Crippen LogP contribution in [0.1, 0.15) is 28.5 Å². The van der Waals surface area contributed by atoms with Crippen LogP contribution in [0.5, 0.6) is 0 Å². The molecule has 0 amide bonds. The van der Waals surface area contributed by atoms with E-state index in [1.165, 1.54) is 6.20 Å². The van der Waals surface area contributed by atoms with Gasteiger partial charge >= 0.3 is 0 Å². The molecule has 112 valence electrons. The predicted molar refractivity (Wildman–Crippen MR) is 96.1 cm³/mol. The van der Waals surface area contributed by atoms with E-state index in [0.29, 0.717) is 22.0 Å². The molecule has 0 saturated carbocycles. The molecule has 0 spiro atoms. The second-order valence-electron chi connectivity index (χ2n) is 4.53. The SMILES string of the molecule is C=C(Nc1cccc(Br)c1Cl)c1ncc(C=O)cc1/C=C\C. The van der Waals surface area contributed by atoms with E-state index in [0.717, 1.165) is 22.0 Å². The van der Waals surface area contributed by atoms with Crippen LogP contribution < -0.4 is 5.32 Å². The lowest BCUT2D eigenvalue weighted by atomic mass is 10.1. The minimum atomic E-state index is 0.519. The Bertz CT molecular complexity index is 756. The molecule has 0 aliphatic carbocycles. The Labute approximate surface area is 142 Å². The normalized spacial score (nSPS) is 10.7. The number of aromatic nitrogens is 1. The summed E-state index contributed by atoms with van der Waals surface area (Å²) < 4.78 is 0.796. The van der Waals surface area contributed by atoms with Gasteiger partial charge in [-0.25, -0.2) is 0 Å². The maximum Gasteiger partial charge on any atom is 0.151 e. The first-order chi connectivity index (χ1) is 10.6. The third-order valence-electron chi connectivity index (χ3n) is 2.94. The molecule has 0 aliphatic heterocycles. The van der Waals surface area contributed by atoms with Gasteiger partial charge in [-0.2, -0.15) is 0 Å². The second kappa shape index (κ2) is 7.38. The number of aldehydes is 1. The number of nitrogens with one attached hydrogen (secondary N) is 1. The molecule has 0 bridgehead atoms. The molecule has 5 heteroatoms. The highest BCUT2D eigenvalue weighted by Gasteiger charge is 2.10. The molecule has 0 fully saturated rings. The van der Waals surface area contributed by atoms with Crippen molar-refractivity contribution in [2.24, 2.45) is 0 Å². The van der Waals surface area contributed by atoms with Crippen LogP contribution in [0.3, 0.4) is 0 Å². The van der Waals surface area contributed by atoms with Crippen molar-refractivity contribution < 1.29 is 4.79 Å². The zero-order valence-corrected chi connectivity index (χ0v) is 14.3. The molecule has 22 heavy (non-hydrogen) atoms. The summed E-state index contributed by atoms with van der Waals surface area (Å²) in [4.78, 5) is 15.2. The standard InChI is InChI=1S/C17H14BrClN2O/c1-3-5-13-8-12(10-22)9-20-17(13)11(2)21-15-7-4-6-14(18)16(15)19/h3-10,21H,2H2,1H3/b5-3-. The number of allylic oxidation sites excluding steroid dienone is 1. The first kappa shape index (κ1) is 16.5. The number of carbonyl (C=O) groups excluding carboxylic acids is 1. The van der Waals surface area contributed by atoms with Crippen LogP contribution in [0.2, 0.25) is 5.02 Å². The van der Waals surface area contributed by atoms with Crippen LogP contribution in [0.4, 0.5) is 5.69 Å². The number of rotatable bonds is 5. The van der Waals surface area contributed by atoms with E-state index in [4.69, 9.17) is 11.6 Å². The molecule has 1 heterocycles. The highest BCUT2D eigenvalue weighted by molar-refractivity contribution is 9.10. The number of benzene rings is 1. The van der Waals surface area contributed by atoms with Crippen LogP contribution >= 0.6 is 27.5 Å². The fourth-order valence-corrected chi connectivity index (χ4v) is 2.48. The van der Waals surface area contributed by atoms with Crippen molar-refractivity contribution in [3.8, 4) is 0 Å². The van der Waals surface area contributed by atoms with Crippen LogP contribution in [0, 0.1) is 0 Å². The van der Waals surface area contributed by atoms with Gasteiger partial charge in [0.1, 0.15) is 0 Å². The van der Waals surface area contributed by atoms with E-state index < -0.39 is 0 Å². The molecule has 1 aromatic carbocycles. The van der Waals surface area contributed by atoms with Crippen molar-refractivity contribution in [2.75, 3.05) is 5.32 Å². The molecule has 3 nitrogen and oxygen atoms in total. The van der Waals surface area contributed by atoms with Crippen molar-refractivity contribution >= 4 is 51.3 Å². The number of halogens is 2.